The Balaban J connectivity index is 1.79. The normalized spacial score (nSPS) is 10.7. The van der Waals surface area contributed by atoms with E-state index in [0.29, 0.717) is 27.1 Å². The Hall–Kier alpha value is -2.17. The zero-order valence-corrected chi connectivity index (χ0v) is 13.7. The number of benzene rings is 2. The van der Waals surface area contributed by atoms with Gasteiger partial charge < -0.3 is 14.5 Å². The first-order chi connectivity index (χ1) is 11.1. The number of hydrogen-bond acceptors (Lipinski definition) is 3. The van der Waals surface area contributed by atoms with E-state index in [9.17, 15) is 4.79 Å². The molecule has 0 bridgehead atoms. The molecule has 4 nitrogen and oxygen atoms in total. The number of ether oxygens (including phenoxy) is 1. The minimum atomic E-state index is -0.201. The predicted octanol–water partition coefficient (Wildman–Crippen LogP) is 4.93. The molecule has 0 atom stereocenters. The van der Waals surface area contributed by atoms with Crippen LogP contribution >= 0.6 is 23.2 Å². The van der Waals surface area contributed by atoms with E-state index in [-0.39, 0.29) is 12.3 Å². The van der Waals surface area contributed by atoms with Gasteiger partial charge in [0.25, 0.3) is 0 Å². The van der Waals surface area contributed by atoms with Crippen molar-refractivity contribution in [1.29, 1.82) is 0 Å². The molecule has 1 aromatic heterocycles. The van der Waals surface area contributed by atoms with E-state index >= 15 is 0 Å². The van der Waals surface area contributed by atoms with Crippen molar-refractivity contribution in [2.75, 3.05) is 12.4 Å². The molecule has 6 heteroatoms. The molecule has 0 saturated carbocycles. The van der Waals surface area contributed by atoms with Crippen LogP contribution in [0.15, 0.2) is 47.1 Å². The minimum absolute atomic E-state index is 0.169. The lowest BCUT2D eigenvalue weighted by Crippen LogP contribution is -2.14. The summed E-state index contributed by atoms with van der Waals surface area (Å²) >= 11 is 12.0. The molecule has 3 rings (SSSR count). The lowest BCUT2D eigenvalue weighted by Gasteiger charge is -2.07. The maximum absolute atomic E-state index is 12.2. The zero-order chi connectivity index (χ0) is 16.4. The number of amides is 1. The number of rotatable bonds is 4. The van der Waals surface area contributed by atoms with E-state index < -0.39 is 0 Å². The first-order valence-corrected chi connectivity index (χ1v) is 7.61. The minimum Gasteiger partial charge on any atom is -0.497 e. The highest BCUT2D eigenvalue weighted by molar-refractivity contribution is 6.35. The quantitative estimate of drug-likeness (QED) is 0.726. The SMILES string of the molecule is COc1ccc2c(CC(=O)Nc3cc(Cl)ccc3Cl)coc2c1. The Morgan fingerprint density at radius 1 is 1.22 bits per heavy atom. The van der Waals surface area contributed by atoms with Crippen LogP contribution in [0.5, 0.6) is 5.75 Å². The summed E-state index contributed by atoms with van der Waals surface area (Å²) in [5.74, 6) is 0.501. The molecule has 0 saturated heterocycles. The highest BCUT2D eigenvalue weighted by Gasteiger charge is 2.12. The predicted molar refractivity (Wildman–Crippen MR) is 91.6 cm³/mol. The Bertz CT molecular complexity index is 873. The molecule has 0 spiro atoms. The maximum Gasteiger partial charge on any atom is 0.228 e. The van der Waals surface area contributed by atoms with Gasteiger partial charge in [0.2, 0.25) is 5.91 Å². The monoisotopic (exact) mass is 349 g/mol. The Kier molecular flexibility index (Phi) is 4.46. The molecule has 0 aliphatic rings. The fourth-order valence-electron chi connectivity index (χ4n) is 2.29. The summed E-state index contributed by atoms with van der Waals surface area (Å²) in [6.45, 7) is 0. The second-order valence-electron chi connectivity index (χ2n) is 4.97. The third-order valence-corrected chi connectivity index (χ3v) is 3.98. The molecule has 118 valence electrons. The van der Waals surface area contributed by atoms with Gasteiger partial charge in [-0.25, -0.2) is 0 Å². The summed E-state index contributed by atoms with van der Waals surface area (Å²) in [7, 11) is 1.59. The van der Waals surface area contributed by atoms with Gasteiger partial charge in [-0.15, -0.1) is 0 Å². The van der Waals surface area contributed by atoms with Crippen LogP contribution < -0.4 is 10.1 Å². The summed E-state index contributed by atoms with van der Waals surface area (Å²) in [5, 5.41) is 4.57. The van der Waals surface area contributed by atoms with Crippen LogP contribution in [0.25, 0.3) is 11.0 Å². The summed E-state index contributed by atoms with van der Waals surface area (Å²) in [4.78, 5) is 12.2. The van der Waals surface area contributed by atoms with Crippen LogP contribution in [-0.4, -0.2) is 13.0 Å². The van der Waals surface area contributed by atoms with E-state index in [2.05, 4.69) is 5.32 Å². The van der Waals surface area contributed by atoms with Crippen molar-refractivity contribution in [3.05, 3.63) is 58.3 Å². The second-order valence-corrected chi connectivity index (χ2v) is 5.82. The number of nitrogens with one attached hydrogen (secondary N) is 1. The highest BCUT2D eigenvalue weighted by Crippen LogP contribution is 2.28. The number of carbonyl (C=O) groups is 1. The molecule has 0 aliphatic carbocycles. The molecule has 0 radical (unpaired) electrons. The van der Waals surface area contributed by atoms with Crippen LogP contribution in [0.3, 0.4) is 0 Å². The largest absolute Gasteiger partial charge is 0.497 e. The molecule has 1 amide bonds. The van der Waals surface area contributed by atoms with Crippen LogP contribution in [0.1, 0.15) is 5.56 Å². The van der Waals surface area contributed by atoms with Crippen LogP contribution in [0.2, 0.25) is 10.0 Å². The Morgan fingerprint density at radius 3 is 2.83 bits per heavy atom. The molecule has 1 heterocycles. The van der Waals surface area contributed by atoms with Gasteiger partial charge in [0.15, 0.2) is 0 Å². The van der Waals surface area contributed by atoms with E-state index in [1.807, 2.05) is 12.1 Å². The number of hydrogen-bond donors (Lipinski definition) is 1. The topological polar surface area (TPSA) is 51.5 Å². The fourth-order valence-corrected chi connectivity index (χ4v) is 2.62. The number of halogens is 2. The van der Waals surface area contributed by atoms with Gasteiger partial charge in [0, 0.05) is 22.0 Å². The van der Waals surface area contributed by atoms with Gasteiger partial charge in [0.1, 0.15) is 11.3 Å². The average Bonchev–Trinajstić information content (AvgIpc) is 2.93. The van der Waals surface area contributed by atoms with Crippen LogP contribution in [0, 0.1) is 0 Å². The van der Waals surface area contributed by atoms with E-state index in [0.717, 1.165) is 10.9 Å². The van der Waals surface area contributed by atoms with Crippen molar-refractivity contribution in [2.45, 2.75) is 6.42 Å². The first kappa shape index (κ1) is 15.7. The standard InChI is InChI=1S/C17H13Cl2NO3/c1-22-12-3-4-13-10(9-23-16(13)8-12)6-17(21)20-15-7-11(18)2-5-14(15)19/h2-5,7-9H,6H2,1H3,(H,20,21). The zero-order valence-electron chi connectivity index (χ0n) is 12.2. The number of fused-ring (bicyclic) bond motifs is 1. The Labute approximate surface area is 142 Å². The van der Waals surface area contributed by atoms with Crippen LogP contribution in [0.4, 0.5) is 5.69 Å². The van der Waals surface area contributed by atoms with Crippen LogP contribution in [-0.2, 0) is 11.2 Å². The molecule has 23 heavy (non-hydrogen) atoms. The second kappa shape index (κ2) is 6.52. The fraction of sp³-hybridized carbons (Fsp3) is 0.118. The van der Waals surface area contributed by atoms with Gasteiger partial charge in [-0.1, -0.05) is 23.2 Å². The van der Waals surface area contributed by atoms with Gasteiger partial charge in [-0.3, -0.25) is 4.79 Å². The lowest BCUT2D eigenvalue weighted by atomic mass is 10.1. The Morgan fingerprint density at radius 2 is 2.04 bits per heavy atom. The first-order valence-electron chi connectivity index (χ1n) is 6.86. The van der Waals surface area contributed by atoms with E-state index in [4.69, 9.17) is 32.4 Å². The van der Waals surface area contributed by atoms with Crippen molar-refractivity contribution in [1.82, 2.24) is 0 Å². The number of anilines is 1. The van der Waals surface area contributed by atoms with Gasteiger partial charge >= 0.3 is 0 Å². The highest BCUT2D eigenvalue weighted by atomic mass is 35.5. The van der Waals surface area contributed by atoms with Crippen molar-refractivity contribution >= 4 is 45.8 Å². The van der Waals surface area contributed by atoms with Gasteiger partial charge in [-0.2, -0.15) is 0 Å². The molecule has 0 aliphatic heterocycles. The summed E-state index contributed by atoms with van der Waals surface area (Å²) in [6, 6.07) is 10.4. The molecule has 0 unspecified atom stereocenters. The molecule has 0 fully saturated rings. The van der Waals surface area contributed by atoms with E-state index in [1.165, 1.54) is 0 Å². The molecule has 1 N–H and O–H groups in total. The third-order valence-electron chi connectivity index (χ3n) is 3.42. The number of carbonyl (C=O) groups excluding carboxylic acids is 1. The van der Waals surface area contributed by atoms with Crippen molar-refractivity contribution in [2.24, 2.45) is 0 Å². The third kappa shape index (κ3) is 3.44. The van der Waals surface area contributed by atoms with Crippen molar-refractivity contribution in [3.8, 4) is 5.75 Å². The molecule has 2 aromatic carbocycles. The molecular formula is C17H13Cl2NO3. The summed E-state index contributed by atoms with van der Waals surface area (Å²) in [6.07, 6.45) is 1.74. The van der Waals surface area contributed by atoms with Gasteiger partial charge in [0.05, 0.1) is 30.5 Å². The lowest BCUT2D eigenvalue weighted by molar-refractivity contribution is -0.115. The smallest absolute Gasteiger partial charge is 0.228 e. The molecular weight excluding hydrogens is 337 g/mol. The molecule has 3 aromatic rings. The average molecular weight is 350 g/mol. The summed E-state index contributed by atoms with van der Waals surface area (Å²) in [5.41, 5.74) is 1.95. The van der Waals surface area contributed by atoms with Crippen molar-refractivity contribution < 1.29 is 13.9 Å². The maximum atomic E-state index is 12.2. The number of methoxy groups -OCH3 is 1. The van der Waals surface area contributed by atoms with Crippen molar-refractivity contribution in [3.63, 3.8) is 0 Å². The van der Waals surface area contributed by atoms with Gasteiger partial charge in [-0.05, 0) is 30.3 Å². The number of furan rings is 1. The summed E-state index contributed by atoms with van der Waals surface area (Å²) < 4.78 is 10.6. The van der Waals surface area contributed by atoms with E-state index in [1.54, 1.807) is 37.6 Å².